The molecule has 1 amide bonds. The van der Waals surface area contributed by atoms with E-state index in [0.29, 0.717) is 10.6 Å². The standard InChI is InChI=1S/C23H17BrFN3O4S.C3H5F3/c1-12(29)32-21-18(30)7-8-27-20(21)23(31)26-11-28(27)19-15-6-5-14(24)9-13(15)10-33-22-16(19)3-2-4-17(22)25;1-2-3(4,5)6/h2-9,19H,10-11H2,1H3,(H,26,31);2H2,1H3. The third kappa shape index (κ3) is 6.14. The Morgan fingerprint density at radius 1 is 1.18 bits per heavy atom. The highest BCUT2D eigenvalue weighted by molar-refractivity contribution is 9.10. The van der Waals surface area contributed by atoms with Crippen molar-refractivity contribution in [3.05, 3.63) is 91.6 Å². The molecule has 3 heterocycles. The number of rotatable bonds is 2. The summed E-state index contributed by atoms with van der Waals surface area (Å²) in [6.07, 6.45) is -3.22. The molecular weight excluding hydrogens is 606 g/mol. The fourth-order valence-electron chi connectivity index (χ4n) is 4.20. The number of carbonyl (C=O) groups is 2. The second-order valence-electron chi connectivity index (χ2n) is 8.56. The second-order valence-corrected chi connectivity index (χ2v) is 10.5. The van der Waals surface area contributed by atoms with Gasteiger partial charge in [0.15, 0.2) is 5.69 Å². The van der Waals surface area contributed by atoms with Gasteiger partial charge < -0.3 is 10.1 Å². The number of esters is 1. The van der Waals surface area contributed by atoms with E-state index in [-0.39, 0.29) is 23.9 Å². The van der Waals surface area contributed by atoms with Crippen LogP contribution in [0.4, 0.5) is 17.6 Å². The Morgan fingerprint density at radius 3 is 2.56 bits per heavy atom. The van der Waals surface area contributed by atoms with Crippen molar-refractivity contribution in [2.75, 3.05) is 11.7 Å². The molecule has 5 rings (SSSR count). The van der Waals surface area contributed by atoms with Gasteiger partial charge in [-0.25, -0.2) is 4.39 Å². The van der Waals surface area contributed by atoms with E-state index in [1.165, 1.54) is 34.8 Å². The minimum Gasteiger partial charge on any atom is -0.420 e. The van der Waals surface area contributed by atoms with E-state index in [9.17, 15) is 31.9 Å². The zero-order valence-electron chi connectivity index (χ0n) is 20.6. The lowest BCUT2D eigenvalue weighted by atomic mass is 9.94. The van der Waals surface area contributed by atoms with Gasteiger partial charge in [-0.2, -0.15) is 13.2 Å². The summed E-state index contributed by atoms with van der Waals surface area (Å²) in [5, 5.41) is 4.58. The van der Waals surface area contributed by atoms with Crippen LogP contribution in [-0.2, 0) is 10.5 Å². The Balaban J connectivity index is 0.000000531. The largest absolute Gasteiger partial charge is 0.420 e. The number of carbonyl (C=O) groups excluding carboxylic acids is 2. The highest BCUT2D eigenvalue weighted by Crippen LogP contribution is 2.44. The maximum atomic E-state index is 14.9. The molecule has 1 unspecified atom stereocenters. The third-order valence-corrected chi connectivity index (χ3v) is 7.60. The highest BCUT2D eigenvalue weighted by atomic mass is 79.9. The molecule has 0 bridgehead atoms. The van der Waals surface area contributed by atoms with Crippen molar-refractivity contribution < 1.29 is 31.9 Å². The predicted molar refractivity (Wildman–Crippen MR) is 141 cm³/mol. The van der Waals surface area contributed by atoms with E-state index in [1.54, 1.807) is 6.07 Å². The molecule has 206 valence electrons. The van der Waals surface area contributed by atoms with Gasteiger partial charge in [0.1, 0.15) is 12.5 Å². The number of nitrogens with zero attached hydrogens (tertiary/aromatic N) is 2. The Morgan fingerprint density at radius 2 is 1.90 bits per heavy atom. The molecule has 2 aliphatic heterocycles. The number of fused-ring (bicyclic) bond motifs is 3. The molecule has 0 saturated heterocycles. The fraction of sp³-hybridized carbons (Fsp3) is 0.269. The molecule has 1 atom stereocenters. The van der Waals surface area contributed by atoms with E-state index < -0.39 is 35.9 Å². The average Bonchev–Trinajstić information content (AvgIpc) is 3.03. The molecule has 0 saturated carbocycles. The Kier molecular flexibility index (Phi) is 8.40. The van der Waals surface area contributed by atoms with Crippen molar-refractivity contribution in [2.45, 2.75) is 43.1 Å². The lowest BCUT2D eigenvalue weighted by Gasteiger charge is -2.40. The summed E-state index contributed by atoms with van der Waals surface area (Å²) >= 11 is 4.93. The summed E-state index contributed by atoms with van der Waals surface area (Å²) in [5.74, 6) is -1.35. The van der Waals surface area contributed by atoms with E-state index in [4.69, 9.17) is 4.74 Å². The number of thioether (sulfide) groups is 1. The molecule has 2 aliphatic rings. The Labute approximate surface area is 233 Å². The molecule has 0 aliphatic carbocycles. The number of nitrogens with one attached hydrogen (secondary N) is 1. The van der Waals surface area contributed by atoms with Crippen LogP contribution < -0.4 is 20.5 Å². The minimum atomic E-state index is -3.96. The van der Waals surface area contributed by atoms with Crippen molar-refractivity contribution in [2.24, 2.45) is 0 Å². The molecule has 0 fully saturated rings. The summed E-state index contributed by atoms with van der Waals surface area (Å²) < 4.78 is 54.8. The van der Waals surface area contributed by atoms with Gasteiger partial charge in [-0.1, -0.05) is 41.1 Å². The molecule has 39 heavy (non-hydrogen) atoms. The van der Waals surface area contributed by atoms with Crippen molar-refractivity contribution >= 4 is 39.6 Å². The van der Waals surface area contributed by atoms with E-state index in [1.807, 2.05) is 29.3 Å². The summed E-state index contributed by atoms with van der Waals surface area (Å²) in [6, 6.07) is 11.6. The number of hydrogen-bond acceptors (Lipinski definition) is 6. The van der Waals surface area contributed by atoms with Crippen LogP contribution in [0.3, 0.4) is 0 Å². The smallest absolute Gasteiger partial charge is 0.388 e. The van der Waals surface area contributed by atoms with Crippen LogP contribution in [0.25, 0.3) is 0 Å². The summed E-state index contributed by atoms with van der Waals surface area (Å²) in [6.45, 7) is 2.34. The molecule has 2 aromatic carbocycles. The number of alkyl halides is 3. The van der Waals surface area contributed by atoms with Crippen LogP contribution in [-0.4, -0.2) is 29.4 Å². The van der Waals surface area contributed by atoms with Crippen molar-refractivity contribution in [3.8, 4) is 5.75 Å². The van der Waals surface area contributed by atoms with Gasteiger partial charge in [0.05, 0.1) is 6.04 Å². The van der Waals surface area contributed by atoms with Gasteiger partial charge in [-0.15, -0.1) is 11.8 Å². The molecule has 13 heteroatoms. The third-order valence-electron chi connectivity index (χ3n) is 5.94. The van der Waals surface area contributed by atoms with Gasteiger partial charge in [-0.3, -0.25) is 24.1 Å². The zero-order valence-corrected chi connectivity index (χ0v) is 23.0. The number of pyridine rings is 1. The fourth-order valence-corrected chi connectivity index (χ4v) is 5.71. The monoisotopic (exact) mass is 627 g/mol. The number of ether oxygens (including phenoxy) is 1. The van der Waals surface area contributed by atoms with Crippen LogP contribution in [0.1, 0.15) is 53.5 Å². The van der Waals surface area contributed by atoms with E-state index in [2.05, 4.69) is 21.2 Å². The molecule has 1 N–H and O–H groups in total. The quantitative estimate of drug-likeness (QED) is 0.291. The Bertz CT molecular complexity index is 1500. The van der Waals surface area contributed by atoms with Gasteiger partial charge in [0, 0.05) is 40.7 Å². The van der Waals surface area contributed by atoms with Crippen molar-refractivity contribution in [1.29, 1.82) is 0 Å². The van der Waals surface area contributed by atoms with Crippen LogP contribution >= 0.6 is 27.7 Å². The van der Waals surface area contributed by atoms with Gasteiger partial charge >= 0.3 is 12.1 Å². The second kappa shape index (κ2) is 11.4. The number of hydrogen-bond donors (Lipinski definition) is 1. The van der Waals surface area contributed by atoms with Gasteiger partial charge in [0.2, 0.25) is 11.2 Å². The topological polar surface area (TPSA) is 80.6 Å². The SMILES string of the molecule is CC(=O)Oc1c2n(ccc1=O)N(C1c3ccc(Br)cc3CSc3c(F)cccc31)CNC2=O.CCC(F)(F)F. The normalized spacial score (nSPS) is 16.0. The van der Waals surface area contributed by atoms with Crippen molar-refractivity contribution in [3.63, 3.8) is 0 Å². The summed E-state index contributed by atoms with van der Waals surface area (Å²) in [5.41, 5.74) is 2.01. The maximum absolute atomic E-state index is 14.9. The van der Waals surface area contributed by atoms with Gasteiger partial charge in [0.25, 0.3) is 5.91 Å². The molecule has 0 spiro atoms. The van der Waals surface area contributed by atoms with Gasteiger partial charge in [-0.05, 0) is 34.9 Å². The lowest BCUT2D eigenvalue weighted by molar-refractivity contribution is -0.132. The number of halogens is 5. The van der Waals surface area contributed by atoms with Crippen LogP contribution in [0.15, 0.2) is 62.8 Å². The highest BCUT2D eigenvalue weighted by Gasteiger charge is 2.36. The molecule has 0 radical (unpaired) electrons. The first-order chi connectivity index (χ1) is 18.4. The van der Waals surface area contributed by atoms with Crippen LogP contribution in [0, 0.1) is 5.82 Å². The number of benzene rings is 2. The Hall–Kier alpha value is -3.32. The first kappa shape index (κ1) is 28.7. The van der Waals surface area contributed by atoms with Crippen LogP contribution in [0.2, 0.25) is 0 Å². The first-order valence-electron chi connectivity index (χ1n) is 11.7. The maximum Gasteiger partial charge on any atom is 0.388 e. The zero-order chi connectivity index (χ0) is 28.5. The first-order valence-corrected chi connectivity index (χ1v) is 13.4. The number of aromatic nitrogens is 1. The molecule has 7 nitrogen and oxygen atoms in total. The lowest BCUT2D eigenvalue weighted by Crippen LogP contribution is -2.54. The summed E-state index contributed by atoms with van der Waals surface area (Å²) in [4.78, 5) is 37.4. The predicted octanol–water partition coefficient (Wildman–Crippen LogP) is 5.67. The molecule has 3 aromatic rings. The molecule has 1 aromatic heterocycles. The average molecular weight is 628 g/mol. The van der Waals surface area contributed by atoms with Crippen molar-refractivity contribution in [1.82, 2.24) is 9.99 Å². The summed E-state index contributed by atoms with van der Waals surface area (Å²) in [7, 11) is 0. The number of amides is 1. The van der Waals surface area contributed by atoms with E-state index in [0.717, 1.165) is 35.0 Å². The van der Waals surface area contributed by atoms with E-state index >= 15 is 0 Å². The molecular formula is C26H22BrF4N3O4S. The van der Waals surface area contributed by atoms with Crippen LogP contribution in [0.5, 0.6) is 5.75 Å². The minimum absolute atomic E-state index is 0.0857.